The van der Waals surface area contributed by atoms with Crippen LogP contribution in [0.5, 0.6) is 5.75 Å². The second-order valence-electron chi connectivity index (χ2n) is 8.52. The standard InChI is InChI=1S/C28H31FN2O3/c1-20(2)28(33)31(19-23-9-13-24(29)14-10-23)26(17-21-7-5-4-6-8-21)27(32)30-18-22-11-15-25(34-3)16-12-22/h4-16,20,26H,17-19H2,1-3H3,(H,30,32)/t26-/m0/s1. The van der Waals surface area contributed by atoms with E-state index in [0.717, 1.165) is 22.4 Å². The highest BCUT2D eigenvalue weighted by Crippen LogP contribution is 2.18. The summed E-state index contributed by atoms with van der Waals surface area (Å²) in [6.45, 7) is 4.17. The molecule has 0 saturated carbocycles. The minimum Gasteiger partial charge on any atom is -0.497 e. The molecule has 5 nitrogen and oxygen atoms in total. The largest absolute Gasteiger partial charge is 0.497 e. The second kappa shape index (κ2) is 12.0. The number of amides is 2. The van der Waals surface area contributed by atoms with E-state index in [1.165, 1.54) is 12.1 Å². The zero-order chi connectivity index (χ0) is 24.5. The third-order valence-corrected chi connectivity index (χ3v) is 5.62. The van der Waals surface area contributed by atoms with Crippen LogP contribution in [0.15, 0.2) is 78.9 Å². The molecule has 0 aliphatic rings. The summed E-state index contributed by atoms with van der Waals surface area (Å²) in [7, 11) is 1.60. The first-order valence-electron chi connectivity index (χ1n) is 11.4. The van der Waals surface area contributed by atoms with Crippen molar-refractivity contribution in [1.29, 1.82) is 0 Å². The Kier molecular flexibility index (Phi) is 8.79. The van der Waals surface area contributed by atoms with Crippen LogP contribution in [0.2, 0.25) is 0 Å². The van der Waals surface area contributed by atoms with Crippen LogP contribution in [-0.4, -0.2) is 29.9 Å². The van der Waals surface area contributed by atoms with Crippen molar-refractivity contribution in [2.24, 2.45) is 5.92 Å². The fourth-order valence-electron chi connectivity index (χ4n) is 3.69. The molecule has 0 saturated heterocycles. The van der Waals surface area contributed by atoms with Crippen molar-refractivity contribution < 1.29 is 18.7 Å². The van der Waals surface area contributed by atoms with Gasteiger partial charge in [-0.1, -0.05) is 68.4 Å². The molecular formula is C28H31FN2O3. The first-order valence-corrected chi connectivity index (χ1v) is 11.4. The number of ether oxygens (including phenoxy) is 1. The van der Waals surface area contributed by atoms with Gasteiger partial charge in [0.05, 0.1) is 7.11 Å². The molecule has 3 aromatic carbocycles. The van der Waals surface area contributed by atoms with Crippen LogP contribution < -0.4 is 10.1 Å². The number of nitrogens with zero attached hydrogens (tertiary/aromatic N) is 1. The summed E-state index contributed by atoms with van der Waals surface area (Å²) in [5, 5.41) is 2.99. The number of hydrogen-bond donors (Lipinski definition) is 1. The Morgan fingerprint density at radius 2 is 1.50 bits per heavy atom. The first-order chi connectivity index (χ1) is 16.4. The third-order valence-electron chi connectivity index (χ3n) is 5.62. The lowest BCUT2D eigenvalue weighted by molar-refractivity contribution is -0.143. The molecule has 3 aromatic rings. The Bertz CT molecular complexity index is 1070. The van der Waals surface area contributed by atoms with Crippen LogP contribution in [0.25, 0.3) is 0 Å². The zero-order valence-electron chi connectivity index (χ0n) is 19.8. The highest BCUT2D eigenvalue weighted by atomic mass is 19.1. The van der Waals surface area contributed by atoms with E-state index in [4.69, 9.17) is 4.74 Å². The quantitative estimate of drug-likeness (QED) is 0.473. The molecule has 2 amide bonds. The predicted octanol–water partition coefficient (Wildman–Crippen LogP) is 4.75. The summed E-state index contributed by atoms with van der Waals surface area (Å²) in [6.07, 6.45) is 0.370. The van der Waals surface area contributed by atoms with Gasteiger partial charge in [-0.25, -0.2) is 4.39 Å². The van der Waals surface area contributed by atoms with E-state index in [1.54, 1.807) is 24.1 Å². The maximum atomic E-state index is 13.5. The minimum absolute atomic E-state index is 0.134. The van der Waals surface area contributed by atoms with E-state index in [0.29, 0.717) is 13.0 Å². The summed E-state index contributed by atoms with van der Waals surface area (Å²) in [4.78, 5) is 28.3. The molecule has 0 radical (unpaired) electrons. The monoisotopic (exact) mass is 462 g/mol. The molecule has 1 N–H and O–H groups in total. The molecule has 178 valence electrons. The minimum atomic E-state index is -0.722. The number of benzene rings is 3. The molecule has 0 aromatic heterocycles. The van der Waals surface area contributed by atoms with E-state index in [-0.39, 0.29) is 30.1 Å². The van der Waals surface area contributed by atoms with E-state index in [9.17, 15) is 14.0 Å². The SMILES string of the molecule is COc1ccc(CNC(=O)[C@H](Cc2ccccc2)N(Cc2ccc(F)cc2)C(=O)C(C)C)cc1. The van der Waals surface area contributed by atoms with Gasteiger partial charge in [0.15, 0.2) is 0 Å². The van der Waals surface area contributed by atoms with Crippen molar-refractivity contribution in [3.63, 3.8) is 0 Å². The maximum absolute atomic E-state index is 13.5. The summed E-state index contributed by atoms with van der Waals surface area (Å²) in [5.74, 6) is -0.276. The molecule has 1 atom stereocenters. The number of halogens is 1. The van der Waals surface area contributed by atoms with Crippen molar-refractivity contribution in [3.05, 3.63) is 101 Å². The van der Waals surface area contributed by atoms with Crippen LogP contribution >= 0.6 is 0 Å². The van der Waals surface area contributed by atoms with Gasteiger partial charge in [-0.05, 0) is 41.0 Å². The molecule has 0 spiro atoms. The summed E-state index contributed by atoms with van der Waals surface area (Å²) < 4.78 is 18.6. The van der Waals surface area contributed by atoms with Gasteiger partial charge in [0.2, 0.25) is 11.8 Å². The van der Waals surface area contributed by atoms with Crippen molar-refractivity contribution in [1.82, 2.24) is 10.2 Å². The van der Waals surface area contributed by atoms with Gasteiger partial charge in [0.1, 0.15) is 17.6 Å². The smallest absolute Gasteiger partial charge is 0.243 e. The Hall–Kier alpha value is -3.67. The van der Waals surface area contributed by atoms with Crippen LogP contribution in [0.1, 0.15) is 30.5 Å². The predicted molar refractivity (Wildman–Crippen MR) is 131 cm³/mol. The lowest BCUT2D eigenvalue weighted by atomic mass is 10.0. The van der Waals surface area contributed by atoms with Crippen LogP contribution in [0, 0.1) is 11.7 Å². The van der Waals surface area contributed by atoms with Crippen LogP contribution in [0.3, 0.4) is 0 Å². The Morgan fingerprint density at radius 3 is 2.09 bits per heavy atom. The Labute approximate surface area is 200 Å². The fourth-order valence-corrected chi connectivity index (χ4v) is 3.69. The van der Waals surface area contributed by atoms with E-state index >= 15 is 0 Å². The van der Waals surface area contributed by atoms with Crippen LogP contribution in [0.4, 0.5) is 4.39 Å². The molecule has 0 aliphatic heterocycles. The third kappa shape index (κ3) is 6.91. The molecule has 34 heavy (non-hydrogen) atoms. The molecular weight excluding hydrogens is 431 g/mol. The summed E-state index contributed by atoms with van der Waals surface area (Å²) in [6, 6.07) is 22.4. The maximum Gasteiger partial charge on any atom is 0.243 e. The van der Waals surface area contributed by atoms with Crippen LogP contribution in [-0.2, 0) is 29.1 Å². The fraction of sp³-hybridized carbons (Fsp3) is 0.286. The number of rotatable bonds is 10. The van der Waals surface area contributed by atoms with Gasteiger partial charge in [0, 0.05) is 25.4 Å². The average Bonchev–Trinajstić information content (AvgIpc) is 2.86. The number of methoxy groups -OCH3 is 1. The van der Waals surface area contributed by atoms with Gasteiger partial charge in [0.25, 0.3) is 0 Å². The van der Waals surface area contributed by atoms with Crippen molar-refractivity contribution >= 4 is 11.8 Å². The zero-order valence-corrected chi connectivity index (χ0v) is 19.8. The molecule has 0 fully saturated rings. The van der Waals surface area contributed by atoms with Gasteiger partial charge >= 0.3 is 0 Å². The highest BCUT2D eigenvalue weighted by Gasteiger charge is 2.31. The number of nitrogens with one attached hydrogen (secondary N) is 1. The van der Waals surface area contributed by atoms with E-state index in [2.05, 4.69) is 5.32 Å². The van der Waals surface area contributed by atoms with Crippen molar-refractivity contribution in [3.8, 4) is 5.75 Å². The van der Waals surface area contributed by atoms with Crippen molar-refractivity contribution in [2.45, 2.75) is 39.4 Å². The Morgan fingerprint density at radius 1 is 0.882 bits per heavy atom. The highest BCUT2D eigenvalue weighted by molar-refractivity contribution is 5.88. The number of carbonyl (C=O) groups excluding carboxylic acids is 2. The van der Waals surface area contributed by atoms with Gasteiger partial charge in [-0.2, -0.15) is 0 Å². The lowest BCUT2D eigenvalue weighted by Crippen LogP contribution is -2.51. The average molecular weight is 463 g/mol. The van der Waals surface area contributed by atoms with Gasteiger partial charge < -0.3 is 15.0 Å². The normalized spacial score (nSPS) is 11.7. The topological polar surface area (TPSA) is 58.6 Å². The van der Waals surface area contributed by atoms with Crippen molar-refractivity contribution in [2.75, 3.05) is 7.11 Å². The van der Waals surface area contributed by atoms with Gasteiger partial charge in [-0.3, -0.25) is 9.59 Å². The number of carbonyl (C=O) groups is 2. The Balaban J connectivity index is 1.86. The van der Waals surface area contributed by atoms with Gasteiger partial charge in [-0.15, -0.1) is 0 Å². The second-order valence-corrected chi connectivity index (χ2v) is 8.52. The molecule has 0 aliphatic carbocycles. The first kappa shape index (κ1) is 25.0. The molecule has 0 heterocycles. The molecule has 6 heteroatoms. The van der Waals surface area contributed by atoms with E-state index in [1.807, 2.05) is 68.4 Å². The molecule has 3 rings (SSSR count). The molecule has 0 unspecified atom stereocenters. The number of hydrogen-bond acceptors (Lipinski definition) is 3. The lowest BCUT2D eigenvalue weighted by Gasteiger charge is -2.33. The summed E-state index contributed by atoms with van der Waals surface area (Å²) in [5.41, 5.74) is 2.64. The summed E-state index contributed by atoms with van der Waals surface area (Å²) >= 11 is 0. The molecule has 0 bridgehead atoms. The van der Waals surface area contributed by atoms with E-state index < -0.39 is 6.04 Å².